The number of benzene rings is 2. The summed E-state index contributed by atoms with van der Waals surface area (Å²) < 4.78 is 6.58. The van der Waals surface area contributed by atoms with Gasteiger partial charge in [0.2, 0.25) is 0 Å². The van der Waals surface area contributed by atoms with Crippen LogP contribution in [-0.4, -0.2) is 12.2 Å². The molecule has 0 spiro atoms. The molecule has 23 heavy (non-hydrogen) atoms. The SMILES string of the molecule is CCC(OC(CC)C(C)c1ccccc1)C(C)c1ccccc1. The Labute approximate surface area is 141 Å². The van der Waals surface area contributed by atoms with Gasteiger partial charge in [0.15, 0.2) is 0 Å². The van der Waals surface area contributed by atoms with Crippen LogP contribution in [0, 0.1) is 0 Å². The second kappa shape index (κ2) is 8.88. The van der Waals surface area contributed by atoms with Gasteiger partial charge in [-0.15, -0.1) is 0 Å². The molecule has 4 unspecified atom stereocenters. The minimum Gasteiger partial charge on any atom is -0.374 e. The van der Waals surface area contributed by atoms with E-state index in [1.807, 2.05) is 0 Å². The van der Waals surface area contributed by atoms with Crippen molar-refractivity contribution in [2.75, 3.05) is 0 Å². The minimum absolute atomic E-state index is 0.258. The lowest BCUT2D eigenvalue weighted by Gasteiger charge is -2.31. The molecule has 1 nitrogen and oxygen atoms in total. The van der Waals surface area contributed by atoms with E-state index in [0.29, 0.717) is 11.8 Å². The van der Waals surface area contributed by atoms with Gasteiger partial charge in [-0.1, -0.05) is 88.4 Å². The van der Waals surface area contributed by atoms with E-state index in [4.69, 9.17) is 4.74 Å². The molecule has 0 aliphatic heterocycles. The summed E-state index contributed by atoms with van der Waals surface area (Å²) in [5.41, 5.74) is 2.73. The summed E-state index contributed by atoms with van der Waals surface area (Å²) in [6.07, 6.45) is 2.59. The molecule has 0 aliphatic rings. The zero-order chi connectivity index (χ0) is 16.7. The van der Waals surface area contributed by atoms with Crippen LogP contribution in [-0.2, 0) is 4.74 Å². The van der Waals surface area contributed by atoms with Crippen molar-refractivity contribution in [3.8, 4) is 0 Å². The molecule has 0 heterocycles. The Morgan fingerprint density at radius 1 is 0.652 bits per heavy atom. The van der Waals surface area contributed by atoms with Crippen LogP contribution in [0.2, 0.25) is 0 Å². The third-order valence-corrected chi connectivity index (χ3v) is 4.92. The van der Waals surface area contributed by atoms with Gasteiger partial charge in [-0.25, -0.2) is 0 Å². The highest BCUT2D eigenvalue weighted by Crippen LogP contribution is 2.30. The standard InChI is InChI=1S/C22H30O/c1-5-21(17(3)19-13-9-7-10-14-19)23-22(6-2)18(4)20-15-11-8-12-16-20/h7-18,21-22H,5-6H2,1-4H3. The topological polar surface area (TPSA) is 9.23 Å². The molecular weight excluding hydrogens is 280 g/mol. The van der Waals surface area contributed by atoms with Gasteiger partial charge in [0.1, 0.15) is 0 Å². The maximum atomic E-state index is 6.58. The Hall–Kier alpha value is -1.60. The molecule has 2 aromatic rings. The summed E-state index contributed by atoms with van der Waals surface area (Å²) in [7, 11) is 0. The highest BCUT2D eigenvalue weighted by Gasteiger charge is 2.25. The van der Waals surface area contributed by atoms with Gasteiger partial charge >= 0.3 is 0 Å². The van der Waals surface area contributed by atoms with E-state index in [1.54, 1.807) is 0 Å². The quantitative estimate of drug-likeness (QED) is 0.566. The number of hydrogen-bond donors (Lipinski definition) is 0. The molecule has 2 aromatic carbocycles. The number of rotatable bonds is 8. The fourth-order valence-electron chi connectivity index (χ4n) is 3.30. The first-order chi connectivity index (χ1) is 11.2. The molecule has 0 fully saturated rings. The van der Waals surface area contributed by atoms with E-state index in [-0.39, 0.29) is 12.2 Å². The third kappa shape index (κ3) is 4.68. The van der Waals surface area contributed by atoms with Gasteiger partial charge in [-0.2, -0.15) is 0 Å². The first-order valence-corrected chi connectivity index (χ1v) is 8.92. The van der Waals surface area contributed by atoms with Crippen LogP contribution in [0.1, 0.15) is 63.5 Å². The zero-order valence-electron chi connectivity index (χ0n) is 14.9. The fourth-order valence-corrected chi connectivity index (χ4v) is 3.30. The fraction of sp³-hybridized carbons (Fsp3) is 0.455. The second-order valence-corrected chi connectivity index (χ2v) is 6.43. The molecular formula is C22H30O. The van der Waals surface area contributed by atoms with Crippen LogP contribution < -0.4 is 0 Å². The van der Waals surface area contributed by atoms with Crippen LogP contribution in [0.25, 0.3) is 0 Å². The van der Waals surface area contributed by atoms with Crippen molar-refractivity contribution in [3.63, 3.8) is 0 Å². The van der Waals surface area contributed by atoms with Crippen molar-refractivity contribution in [1.29, 1.82) is 0 Å². The van der Waals surface area contributed by atoms with Crippen molar-refractivity contribution in [3.05, 3.63) is 71.8 Å². The van der Waals surface area contributed by atoms with Crippen molar-refractivity contribution in [2.24, 2.45) is 0 Å². The molecule has 124 valence electrons. The molecule has 0 N–H and O–H groups in total. The van der Waals surface area contributed by atoms with Gasteiger partial charge in [-0.3, -0.25) is 0 Å². The summed E-state index contributed by atoms with van der Waals surface area (Å²) in [6.45, 7) is 9.01. The molecule has 2 rings (SSSR count). The Kier molecular flexibility index (Phi) is 6.85. The number of hydrogen-bond acceptors (Lipinski definition) is 1. The molecule has 0 saturated heterocycles. The lowest BCUT2D eigenvalue weighted by Crippen LogP contribution is -2.29. The minimum atomic E-state index is 0.258. The summed E-state index contributed by atoms with van der Waals surface area (Å²) >= 11 is 0. The first-order valence-electron chi connectivity index (χ1n) is 8.92. The van der Waals surface area contributed by atoms with Crippen molar-refractivity contribution < 1.29 is 4.74 Å². The van der Waals surface area contributed by atoms with Crippen LogP contribution in [0.15, 0.2) is 60.7 Å². The molecule has 0 bridgehead atoms. The van der Waals surface area contributed by atoms with Crippen molar-refractivity contribution in [1.82, 2.24) is 0 Å². The van der Waals surface area contributed by atoms with Gasteiger partial charge in [0.25, 0.3) is 0 Å². The highest BCUT2D eigenvalue weighted by molar-refractivity contribution is 5.21. The van der Waals surface area contributed by atoms with Gasteiger partial charge in [0.05, 0.1) is 12.2 Å². The highest BCUT2D eigenvalue weighted by atomic mass is 16.5. The lowest BCUT2D eigenvalue weighted by atomic mass is 9.91. The predicted molar refractivity (Wildman–Crippen MR) is 99.0 cm³/mol. The summed E-state index contributed by atoms with van der Waals surface area (Å²) in [4.78, 5) is 0. The normalized spacial score (nSPS) is 16.5. The van der Waals surface area contributed by atoms with E-state index < -0.39 is 0 Å². The molecule has 0 saturated carbocycles. The van der Waals surface area contributed by atoms with Crippen molar-refractivity contribution in [2.45, 2.75) is 64.6 Å². The first kappa shape index (κ1) is 17.7. The average molecular weight is 310 g/mol. The van der Waals surface area contributed by atoms with Crippen LogP contribution in [0.3, 0.4) is 0 Å². The van der Waals surface area contributed by atoms with Crippen LogP contribution in [0.5, 0.6) is 0 Å². The van der Waals surface area contributed by atoms with E-state index in [2.05, 4.69) is 88.4 Å². The van der Waals surface area contributed by atoms with Gasteiger partial charge in [0, 0.05) is 11.8 Å². The van der Waals surface area contributed by atoms with E-state index in [0.717, 1.165) is 12.8 Å². The number of ether oxygens (including phenoxy) is 1. The van der Waals surface area contributed by atoms with Gasteiger partial charge in [-0.05, 0) is 24.0 Å². The summed E-state index contributed by atoms with van der Waals surface area (Å²) in [5, 5.41) is 0. The van der Waals surface area contributed by atoms with Crippen molar-refractivity contribution >= 4 is 0 Å². The van der Waals surface area contributed by atoms with Gasteiger partial charge < -0.3 is 4.74 Å². The third-order valence-electron chi connectivity index (χ3n) is 4.92. The maximum Gasteiger partial charge on any atom is 0.0642 e. The molecule has 0 aromatic heterocycles. The lowest BCUT2D eigenvalue weighted by molar-refractivity contribution is -0.0376. The van der Waals surface area contributed by atoms with E-state index in [9.17, 15) is 0 Å². The second-order valence-electron chi connectivity index (χ2n) is 6.43. The monoisotopic (exact) mass is 310 g/mol. The van der Waals surface area contributed by atoms with E-state index in [1.165, 1.54) is 11.1 Å². The van der Waals surface area contributed by atoms with Crippen LogP contribution in [0.4, 0.5) is 0 Å². The predicted octanol–water partition coefficient (Wildman–Crippen LogP) is 6.17. The molecule has 1 heteroatoms. The molecule has 4 atom stereocenters. The zero-order valence-corrected chi connectivity index (χ0v) is 14.9. The maximum absolute atomic E-state index is 6.58. The summed E-state index contributed by atoms with van der Waals surface area (Å²) in [5.74, 6) is 0.830. The molecule has 0 radical (unpaired) electrons. The van der Waals surface area contributed by atoms with E-state index >= 15 is 0 Å². The Bertz CT molecular complexity index is 497. The smallest absolute Gasteiger partial charge is 0.0642 e. The Morgan fingerprint density at radius 2 is 1.00 bits per heavy atom. The largest absolute Gasteiger partial charge is 0.374 e. The van der Waals surface area contributed by atoms with Crippen LogP contribution >= 0.6 is 0 Å². The summed E-state index contributed by atoms with van der Waals surface area (Å²) in [6, 6.07) is 21.4. The average Bonchev–Trinajstić information content (AvgIpc) is 2.63. The Morgan fingerprint density at radius 3 is 1.30 bits per heavy atom. The molecule has 0 amide bonds. The molecule has 0 aliphatic carbocycles. The Balaban J connectivity index is 2.09.